The zero-order chi connectivity index (χ0) is 21.5. The predicted molar refractivity (Wildman–Crippen MR) is 118 cm³/mol. The van der Waals surface area contributed by atoms with Crippen molar-refractivity contribution < 1.29 is 8.91 Å². The molecule has 158 valence electrons. The molecular formula is C23H28FN5O. The van der Waals surface area contributed by atoms with Gasteiger partial charge in [-0.3, -0.25) is 0 Å². The molecule has 0 spiro atoms. The fourth-order valence-corrected chi connectivity index (χ4v) is 3.14. The van der Waals surface area contributed by atoms with Crippen LogP contribution in [0.3, 0.4) is 0 Å². The van der Waals surface area contributed by atoms with Gasteiger partial charge in [0.25, 0.3) is 5.88 Å². The third kappa shape index (κ3) is 5.90. The number of nitrogens with zero attached hydrogens (tertiary/aromatic N) is 3. The Hall–Kier alpha value is -3.19. The Labute approximate surface area is 176 Å². The lowest BCUT2D eigenvalue weighted by molar-refractivity contribution is 0.411. The molecule has 3 aromatic rings. The molecule has 2 aromatic carbocycles. The van der Waals surface area contributed by atoms with Crippen LogP contribution in [0.1, 0.15) is 24.1 Å². The van der Waals surface area contributed by atoms with Gasteiger partial charge in [-0.15, -0.1) is 0 Å². The lowest BCUT2D eigenvalue weighted by Gasteiger charge is -2.12. The first-order valence-corrected chi connectivity index (χ1v) is 9.95. The number of benzene rings is 2. The monoisotopic (exact) mass is 409 g/mol. The maximum absolute atomic E-state index is 14.7. The second kappa shape index (κ2) is 10.0. The number of hydrogen-bond donors (Lipinski definition) is 2. The summed E-state index contributed by atoms with van der Waals surface area (Å²) in [6, 6.07) is 16.7. The van der Waals surface area contributed by atoms with Gasteiger partial charge in [0.2, 0.25) is 0 Å². The van der Waals surface area contributed by atoms with Crippen molar-refractivity contribution in [2.45, 2.75) is 19.3 Å². The third-order valence-electron chi connectivity index (χ3n) is 4.80. The standard InChI is InChI=1S/C23H28FN5O/c1-16(18-9-10-20(21(24)14-18)17-7-5-4-6-8-17)13-19-15-22(30-28-19)27-23(25)26-11-12-29(2)3/h4-10,14-16H,11-13H2,1-3H3,(H3,25,26,27). The number of likely N-dealkylation sites (N-methyl/N-ethyl adjacent to an activating group) is 1. The molecule has 1 atom stereocenters. The molecule has 0 amide bonds. The van der Waals surface area contributed by atoms with Crippen LogP contribution in [0.4, 0.5) is 10.3 Å². The lowest BCUT2D eigenvalue weighted by Crippen LogP contribution is -2.36. The molecule has 7 heteroatoms. The molecule has 30 heavy (non-hydrogen) atoms. The first kappa shape index (κ1) is 21.5. The van der Waals surface area contributed by atoms with Crippen LogP contribution in [-0.2, 0) is 6.42 Å². The first-order valence-electron chi connectivity index (χ1n) is 9.95. The summed E-state index contributed by atoms with van der Waals surface area (Å²) in [7, 11) is 3.97. The number of guanidine groups is 1. The van der Waals surface area contributed by atoms with Crippen LogP contribution >= 0.6 is 0 Å². The van der Waals surface area contributed by atoms with Gasteiger partial charge in [0.15, 0.2) is 5.96 Å². The normalized spacial score (nSPS) is 12.9. The summed E-state index contributed by atoms with van der Waals surface area (Å²) in [6.07, 6.45) is 0.608. The molecule has 0 aliphatic heterocycles. The Morgan fingerprint density at radius 3 is 2.67 bits per heavy atom. The summed E-state index contributed by atoms with van der Waals surface area (Å²) in [5.74, 6) is 0.471. The minimum absolute atomic E-state index is 0.0711. The van der Waals surface area contributed by atoms with Crippen LogP contribution in [0.5, 0.6) is 0 Å². The van der Waals surface area contributed by atoms with E-state index in [0.717, 1.165) is 23.4 Å². The number of aliphatic imine (C=N–C) groups is 1. The molecule has 0 saturated heterocycles. The largest absolute Gasteiger partial charge is 0.370 e. The topological polar surface area (TPSA) is 79.7 Å². The molecule has 1 unspecified atom stereocenters. The van der Waals surface area contributed by atoms with Crippen LogP contribution in [0, 0.1) is 5.82 Å². The van der Waals surface area contributed by atoms with E-state index in [4.69, 9.17) is 10.3 Å². The Kier molecular flexibility index (Phi) is 7.19. The summed E-state index contributed by atoms with van der Waals surface area (Å²) in [5, 5.41) is 7.08. The molecule has 1 aromatic heterocycles. The fraction of sp³-hybridized carbons (Fsp3) is 0.304. The summed E-state index contributed by atoms with van der Waals surface area (Å²) >= 11 is 0. The van der Waals surface area contributed by atoms with Crippen molar-refractivity contribution in [2.24, 2.45) is 10.7 Å². The minimum atomic E-state index is -0.229. The number of aromatic nitrogens is 1. The highest BCUT2D eigenvalue weighted by Gasteiger charge is 2.14. The van der Waals surface area contributed by atoms with Crippen LogP contribution in [0.2, 0.25) is 0 Å². The van der Waals surface area contributed by atoms with Gasteiger partial charge in [0.1, 0.15) is 5.82 Å². The molecular weight excluding hydrogens is 381 g/mol. The smallest absolute Gasteiger partial charge is 0.253 e. The van der Waals surface area contributed by atoms with Gasteiger partial charge in [0, 0.05) is 24.7 Å². The van der Waals surface area contributed by atoms with Crippen LogP contribution in [0.15, 0.2) is 64.1 Å². The average Bonchev–Trinajstić information content (AvgIpc) is 3.14. The van der Waals surface area contributed by atoms with Gasteiger partial charge in [-0.05, 0) is 43.6 Å². The Balaban J connectivity index is 1.62. The highest BCUT2D eigenvalue weighted by molar-refractivity contribution is 5.80. The Bertz CT molecular complexity index is 984. The van der Waals surface area contributed by atoms with Crippen LogP contribution in [-0.4, -0.2) is 43.2 Å². The summed E-state index contributed by atoms with van der Waals surface area (Å²) in [4.78, 5) is 6.24. The zero-order valence-electron chi connectivity index (χ0n) is 17.6. The highest BCUT2D eigenvalue weighted by atomic mass is 19.1. The molecule has 3 rings (SSSR count). The highest BCUT2D eigenvalue weighted by Crippen LogP contribution is 2.28. The van der Waals surface area contributed by atoms with Crippen molar-refractivity contribution in [3.63, 3.8) is 0 Å². The zero-order valence-corrected chi connectivity index (χ0v) is 17.6. The maximum Gasteiger partial charge on any atom is 0.253 e. The van der Waals surface area contributed by atoms with E-state index in [1.807, 2.05) is 68.4 Å². The SMILES string of the molecule is CC(Cc1cc(N=C(N)NCCN(C)C)on1)c1ccc(-c2ccccc2)c(F)c1. The molecule has 0 aliphatic rings. The van der Waals surface area contributed by atoms with E-state index < -0.39 is 0 Å². The number of halogens is 1. The average molecular weight is 410 g/mol. The van der Waals surface area contributed by atoms with E-state index in [1.165, 1.54) is 0 Å². The molecule has 0 aliphatic carbocycles. The summed E-state index contributed by atoms with van der Waals surface area (Å²) < 4.78 is 19.9. The third-order valence-corrected chi connectivity index (χ3v) is 4.80. The van der Waals surface area contributed by atoms with Gasteiger partial charge in [0.05, 0.1) is 5.69 Å². The second-order valence-electron chi connectivity index (χ2n) is 7.59. The maximum atomic E-state index is 14.7. The number of nitrogens with one attached hydrogen (secondary N) is 1. The first-order chi connectivity index (χ1) is 14.4. The molecule has 6 nitrogen and oxygen atoms in total. The predicted octanol–water partition coefficient (Wildman–Crippen LogP) is 3.92. The second-order valence-corrected chi connectivity index (χ2v) is 7.59. The minimum Gasteiger partial charge on any atom is -0.370 e. The molecule has 1 heterocycles. The van der Waals surface area contributed by atoms with E-state index >= 15 is 0 Å². The molecule has 0 fully saturated rings. The molecule has 0 bridgehead atoms. The van der Waals surface area contributed by atoms with E-state index in [1.54, 1.807) is 12.1 Å². The van der Waals surface area contributed by atoms with Crippen molar-refractivity contribution in [1.82, 2.24) is 15.4 Å². The number of rotatable bonds is 8. The van der Waals surface area contributed by atoms with Gasteiger partial charge in [-0.2, -0.15) is 4.99 Å². The van der Waals surface area contributed by atoms with Gasteiger partial charge >= 0.3 is 0 Å². The fourth-order valence-electron chi connectivity index (χ4n) is 3.14. The van der Waals surface area contributed by atoms with E-state index in [2.05, 4.69) is 15.5 Å². The van der Waals surface area contributed by atoms with E-state index in [-0.39, 0.29) is 17.7 Å². The molecule has 0 saturated carbocycles. The van der Waals surface area contributed by atoms with E-state index in [0.29, 0.717) is 24.4 Å². The Morgan fingerprint density at radius 1 is 1.20 bits per heavy atom. The van der Waals surface area contributed by atoms with E-state index in [9.17, 15) is 4.39 Å². The lowest BCUT2D eigenvalue weighted by atomic mass is 9.94. The van der Waals surface area contributed by atoms with Crippen molar-refractivity contribution in [1.29, 1.82) is 0 Å². The quantitative estimate of drug-likeness (QED) is 0.435. The summed E-state index contributed by atoms with van der Waals surface area (Å²) in [6.45, 7) is 3.56. The molecule has 0 radical (unpaired) electrons. The van der Waals surface area contributed by atoms with Gasteiger partial charge in [-0.1, -0.05) is 54.5 Å². The van der Waals surface area contributed by atoms with Crippen molar-refractivity contribution >= 4 is 11.8 Å². The van der Waals surface area contributed by atoms with Gasteiger partial charge < -0.3 is 20.5 Å². The van der Waals surface area contributed by atoms with Gasteiger partial charge in [-0.25, -0.2) is 4.39 Å². The van der Waals surface area contributed by atoms with Crippen LogP contribution < -0.4 is 11.1 Å². The van der Waals surface area contributed by atoms with Crippen molar-refractivity contribution in [3.05, 3.63) is 71.7 Å². The summed E-state index contributed by atoms with van der Waals surface area (Å²) in [5.41, 5.74) is 8.98. The number of hydrogen-bond acceptors (Lipinski definition) is 4. The molecule has 3 N–H and O–H groups in total. The Morgan fingerprint density at radius 2 is 1.97 bits per heavy atom. The van der Waals surface area contributed by atoms with Crippen LogP contribution in [0.25, 0.3) is 11.1 Å². The number of nitrogens with two attached hydrogens (primary N) is 1. The van der Waals surface area contributed by atoms with Crippen molar-refractivity contribution in [2.75, 3.05) is 27.2 Å². The van der Waals surface area contributed by atoms with Crippen molar-refractivity contribution in [3.8, 4) is 11.1 Å².